The van der Waals surface area contributed by atoms with Crippen molar-refractivity contribution in [3.63, 3.8) is 0 Å². The SMILES string of the molecule is C=CCNC(=O)[C@@H](C)OC(=O)c1cc(S(=O)(=O)N(C)C)ccc1C. The fraction of sp³-hybridized carbons (Fsp3) is 0.375. The Bertz CT molecular complexity index is 741. The van der Waals surface area contributed by atoms with Crippen LogP contribution in [0.3, 0.4) is 0 Å². The van der Waals surface area contributed by atoms with E-state index in [1.54, 1.807) is 6.92 Å². The number of aryl methyl sites for hydroxylation is 1. The van der Waals surface area contributed by atoms with Gasteiger partial charge in [-0.05, 0) is 31.5 Å². The number of carbonyl (C=O) groups is 2. The Morgan fingerprint density at radius 3 is 2.54 bits per heavy atom. The van der Waals surface area contributed by atoms with E-state index in [-0.39, 0.29) is 17.0 Å². The molecule has 0 heterocycles. The van der Waals surface area contributed by atoms with Gasteiger partial charge in [0.05, 0.1) is 10.5 Å². The third-order valence-electron chi connectivity index (χ3n) is 3.28. The van der Waals surface area contributed by atoms with Crippen LogP contribution in [-0.2, 0) is 19.6 Å². The van der Waals surface area contributed by atoms with Gasteiger partial charge in [0, 0.05) is 20.6 Å². The van der Waals surface area contributed by atoms with Crippen molar-refractivity contribution in [2.24, 2.45) is 0 Å². The number of benzene rings is 1. The second-order valence-corrected chi connectivity index (χ2v) is 7.50. The second-order valence-electron chi connectivity index (χ2n) is 5.35. The van der Waals surface area contributed by atoms with E-state index in [9.17, 15) is 18.0 Å². The molecule has 0 spiro atoms. The van der Waals surface area contributed by atoms with Gasteiger partial charge < -0.3 is 10.1 Å². The van der Waals surface area contributed by atoms with E-state index in [2.05, 4.69) is 11.9 Å². The molecule has 0 radical (unpaired) electrons. The topological polar surface area (TPSA) is 92.8 Å². The summed E-state index contributed by atoms with van der Waals surface area (Å²) < 4.78 is 30.5. The monoisotopic (exact) mass is 354 g/mol. The normalized spacial score (nSPS) is 12.5. The maximum absolute atomic E-state index is 12.3. The summed E-state index contributed by atoms with van der Waals surface area (Å²) >= 11 is 0. The minimum absolute atomic E-state index is 0.0196. The fourth-order valence-corrected chi connectivity index (χ4v) is 2.71. The summed E-state index contributed by atoms with van der Waals surface area (Å²) in [5.74, 6) is -1.22. The zero-order chi connectivity index (χ0) is 18.5. The Kier molecular flexibility index (Phi) is 6.68. The highest BCUT2D eigenvalue weighted by atomic mass is 32.2. The molecule has 0 saturated carbocycles. The number of esters is 1. The predicted molar refractivity (Wildman–Crippen MR) is 90.1 cm³/mol. The average Bonchev–Trinajstić information content (AvgIpc) is 2.52. The molecule has 1 aromatic rings. The van der Waals surface area contributed by atoms with E-state index in [0.29, 0.717) is 5.56 Å². The third-order valence-corrected chi connectivity index (χ3v) is 5.09. The summed E-state index contributed by atoms with van der Waals surface area (Å²) in [6.45, 7) is 6.83. The molecular weight excluding hydrogens is 332 g/mol. The zero-order valence-electron chi connectivity index (χ0n) is 14.2. The Morgan fingerprint density at radius 1 is 1.38 bits per heavy atom. The molecule has 0 fully saturated rings. The summed E-state index contributed by atoms with van der Waals surface area (Å²) in [6, 6.07) is 4.19. The molecule has 8 heteroatoms. The van der Waals surface area contributed by atoms with Crippen LogP contribution in [0.2, 0.25) is 0 Å². The Hall–Kier alpha value is -2.19. The molecule has 0 unspecified atom stereocenters. The lowest BCUT2D eigenvalue weighted by Gasteiger charge is -2.15. The summed E-state index contributed by atoms with van der Waals surface area (Å²) in [5.41, 5.74) is 0.651. The van der Waals surface area contributed by atoms with E-state index in [4.69, 9.17) is 4.74 Å². The van der Waals surface area contributed by atoms with Gasteiger partial charge in [0.2, 0.25) is 10.0 Å². The number of rotatable bonds is 7. The molecule has 1 aromatic carbocycles. The smallest absolute Gasteiger partial charge is 0.339 e. The van der Waals surface area contributed by atoms with Crippen molar-refractivity contribution < 1.29 is 22.7 Å². The van der Waals surface area contributed by atoms with Gasteiger partial charge in [-0.25, -0.2) is 17.5 Å². The number of hydrogen-bond acceptors (Lipinski definition) is 5. The van der Waals surface area contributed by atoms with Gasteiger partial charge in [0.15, 0.2) is 6.10 Å². The molecule has 1 rings (SSSR count). The van der Waals surface area contributed by atoms with Gasteiger partial charge in [-0.1, -0.05) is 12.1 Å². The van der Waals surface area contributed by atoms with E-state index in [1.807, 2.05) is 0 Å². The number of nitrogens with zero attached hydrogens (tertiary/aromatic N) is 1. The van der Waals surface area contributed by atoms with E-state index >= 15 is 0 Å². The molecule has 24 heavy (non-hydrogen) atoms. The highest BCUT2D eigenvalue weighted by Crippen LogP contribution is 2.19. The maximum atomic E-state index is 12.3. The molecular formula is C16H22N2O5S. The largest absolute Gasteiger partial charge is 0.449 e. The highest BCUT2D eigenvalue weighted by molar-refractivity contribution is 7.89. The first-order chi connectivity index (χ1) is 11.1. The van der Waals surface area contributed by atoms with Crippen LogP contribution in [0.5, 0.6) is 0 Å². The minimum Gasteiger partial charge on any atom is -0.449 e. The zero-order valence-corrected chi connectivity index (χ0v) is 15.0. The van der Waals surface area contributed by atoms with Crippen molar-refractivity contribution in [1.29, 1.82) is 0 Å². The van der Waals surface area contributed by atoms with Gasteiger partial charge in [0.1, 0.15) is 0 Å². The third kappa shape index (κ3) is 4.65. The van der Waals surface area contributed by atoms with E-state index in [1.165, 1.54) is 45.3 Å². The fourth-order valence-electron chi connectivity index (χ4n) is 1.79. The van der Waals surface area contributed by atoms with Crippen LogP contribution in [0.1, 0.15) is 22.8 Å². The van der Waals surface area contributed by atoms with Crippen LogP contribution in [0, 0.1) is 6.92 Å². The lowest BCUT2D eigenvalue weighted by molar-refractivity contribution is -0.128. The van der Waals surface area contributed by atoms with Gasteiger partial charge in [-0.15, -0.1) is 6.58 Å². The van der Waals surface area contributed by atoms with Crippen molar-refractivity contribution in [2.75, 3.05) is 20.6 Å². The summed E-state index contributed by atoms with van der Waals surface area (Å²) in [6.07, 6.45) is 0.498. The number of carbonyl (C=O) groups excluding carboxylic acids is 2. The number of hydrogen-bond donors (Lipinski definition) is 1. The highest BCUT2D eigenvalue weighted by Gasteiger charge is 2.23. The minimum atomic E-state index is -3.67. The van der Waals surface area contributed by atoms with E-state index in [0.717, 1.165) is 4.31 Å². The molecule has 7 nitrogen and oxygen atoms in total. The first kappa shape index (κ1) is 19.9. The molecule has 0 bridgehead atoms. The first-order valence-corrected chi connectivity index (χ1v) is 8.68. The van der Waals surface area contributed by atoms with Crippen molar-refractivity contribution in [2.45, 2.75) is 24.8 Å². The molecule has 0 aromatic heterocycles. The van der Waals surface area contributed by atoms with Gasteiger partial charge in [-0.3, -0.25) is 4.79 Å². The van der Waals surface area contributed by atoms with Crippen molar-refractivity contribution in [3.05, 3.63) is 42.0 Å². The molecule has 132 valence electrons. The molecule has 1 amide bonds. The molecule has 0 aliphatic heterocycles. The molecule has 0 aliphatic rings. The van der Waals surface area contributed by atoms with Gasteiger partial charge in [-0.2, -0.15) is 0 Å². The molecule has 0 aliphatic carbocycles. The first-order valence-electron chi connectivity index (χ1n) is 7.24. The number of amides is 1. The van der Waals surface area contributed by atoms with Gasteiger partial charge >= 0.3 is 5.97 Å². The maximum Gasteiger partial charge on any atom is 0.339 e. The Morgan fingerprint density at radius 2 is 2.00 bits per heavy atom. The quantitative estimate of drug-likeness (QED) is 0.584. The number of ether oxygens (including phenoxy) is 1. The standard InChI is InChI=1S/C16H22N2O5S/c1-6-9-17-15(19)12(3)23-16(20)14-10-13(8-7-11(14)2)24(21,22)18(4)5/h6-8,10,12H,1,9H2,2-5H3,(H,17,19)/t12-/m1/s1. The van der Waals surface area contributed by atoms with Crippen LogP contribution >= 0.6 is 0 Å². The van der Waals surface area contributed by atoms with Crippen LogP contribution in [-0.4, -0.2) is 51.3 Å². The van der Waals surface area contributed by atoms with Gasteiger partial charge in [0.25, 0.3) is 5.91 Å². The molecule has 1 N–H and O–H groups in total. The average molecular weight is 354 g/mol. The summed E-state index contributed by atoms with van der Waals surface area (Å²) in [7, 11) is -0.867. The molecule has 1 atom stereocenters. The summed E-state index contributed by atoms with van der Waals surface area (Å²) in [5, 5.41) is 2.52. The lowest BCUT2D eigenvalue weighted by Crippen LogP contribution is -2.36. The van der Waals surface area contributed by atoms with Crippen molar-refractivity contribution in [1.82, 2.24) is 9.62 Å². The van der Waals surface area contributed by atoms with Crippen LogP contribution in [0.4, 0.5) is 0 Å². The molecule has 0 saturated heterocycles. The lowest BCUT2D eigenvalue weighted by atomic mass is 10.1. The number of nitrogens with one attached hydrogen (secondary N) is 1. The van der Waals surface area contributed by atoms with Crippen LogP contribution in [0.25, 0.3) is 0 Å². The van der Waals surface area contributed by atoms with Crippen molar-refractivity contribution in [3.8, 4) is 0 Å². The Balaban J connectivity index is 3.03. The number of sulfonamides is 1. The second kappa shape index (κ2) is 8.07. The predicted octanol–water partition coefficient (Wildman–Crippen LogP) is 1.09. The van der Waals surface area contributed by atoms with Crippen LogP contribution < -0.4 is 5.32 Å². The van der Waals surface area contributed by atoms with Crippen LogP contribution in [0.15, 0.2) is 35.7 Å². The van der Waals surface area contributed by atoms with Crippen molar-refractivity contribution >= 4 is 21.9 Å². The Labute approximate surface area is 142 Å². The summed E-state index contributed by atoms with van der Waals surface area (Å²) in [4.78, 5) is 24.0. The van der Waals surface area contributed by atoms with E-state index < -0.39 is 28.0 Å².